The minimum Gasteiger partial charge on any atom is -0.457 e. The Balaban J connectivity index is 1.49. The van der Waals surface area contributed by atoms with Crippen molar-refractivity contribution in [2.75, 3.05) is 11.9 Å². The Bertz CT molecular complexity index is 1170. The van der Waals surface area contributed by atoms with Gasteiger partial charge in [0.15, 0.2) is 5.13 Å². The molecule has 0 aliphatic carbocycles. The number of aryl methyl sites for hydroxylation is 1. The van der Waals surface area contributed by atoms with Crippen LogP contribution < -0.4 is 10.1 Å². The van der Waals surface area contributed by atoms with Crippen molar-refractivity contribution in [2.24, 2.45) is 5.92 Å². The lowest BCUT2D eigenvalue weighted by molar-refractivity contribution is 0.259. The van der Waals surface area contributed by atoms with Crippen LogP contribution in [-0.2, 0) is 6.54 Å². The number of pyridine rings is 1. The topological polar surface area (TPSA) is 85.1 Å². The third-order valence-corrected chi connectivity index (χ3v) is 5.96. The van der Waals surface area contributed by atoms with Crippen molar-refractivity contribution < 1.29 is 9.84 Å². The highest BCUT2D eigenvalue weighted by molar-refractivity contribution is 7.22. The average Bonchev–Trinajstić information content (AvgIpc) is 3.40. The molecule has 0 saturated heterocycles. The monoisotopic (exact) mass is 451 g/mol. The molecule has 0 saturated carbocycles. The van der Waals surface area contributed by atoms with Crippen LogP contribution >= 0.6 is 11.3 Å². The van der Waals surface area contributed by atoms with E-state index in [1.54, 1.807) is 17.5 Å². The van der Waals surface area contributed by atoms with E-state index >= 15 is 0 Å². The van der Waals surface area contributed by atoms with Gasteiger partial charge in [-0.15, -0.1) is 0 Å². The van der Waals surface area contributed by atoms with Gasteiger partial charge in [0.1, 0.15) is 11.5 Å². The van der Waals surface area contributed by atoms with E-state index in [0.717, 1.165) is 57.5 Å². The molecule has 0 radical (unpaired) electrons. The molecule has 4 aromatic rings. The first-order valence-electron chi connectivity index (χ1n) is 11.0. The second-order valence-electron chi connectivity index (χ2n) is 8.27. The smallest absolute Gasteiger partial charge is 0.184 e. The van der Waals surface area contributed by atoms with Crippen LogP contribution in [-0.4, -0.2) is 37.5 Å². The van der Waals surface area contributed by atoms with Gasteiger partial charge in [0.05, 0.1) is 34.8 Å². The maximum Gasteiger partial charge on any atom is 0.184 e. The molecule has 0 aliphatic rings. The molecule has 8 heteroatoms. The van der Waals surface area contributed by atoms with Crippen molar-refractivity contribution in [1.29, 1.82) is 0 Å². The van der Waals surface area contributed by atoms with E-state index in [-0.39, 0.29) is 12.6 Å². The Morgan fingerprint density at radius 2 is 2.03 bits per heavy atom. The van der Waals surface area contributed by atoms with Crippen LogP contribution in [0.5, 0.6) is 11.5 Å². The largest absolute Gasteiger partial charge is 0.457 e. The Morgan fingerprint density at radius 3 is 2.81 bits per heavy atom. The average molecular weight is 452 g/mol. The van der Waals surface area contributed by atoms with Gasteiger partial charge in [-0.3, -0.25) is 9.67 Å². The molecule has 0 amide bonds. The highest BCUT2D eigenvalue weighted by Crippen LogP contribution is 2.32. The number of rotatable bonds is 10. The predicted octanol–water partition coefficient (Wildman–Crippen LogP) is 5.58. The Labute approximate surface area is 192 Å². The quantitative estimate of drug-likeness (QED) is 0.328. The lowest BCUT2D eigenvalue weighted by atomic mass is 10.0. The summed E-state index contributed by atoms with van der Waals surface area (Å²) >= 11 is 1.56. The summed E-state index contributed by atoms with van der Waals surface area (Å²) in [6, 6.07) is 9.65. The fourth-order valence-electron chi connectivity index (χ4n) is 3.57. The van der Waals surface area contributed by atoms with Crippen LogP contribution in [0, 0.1) is 5.92 Å². The van der Waals surface area contributed by atoms with Crippen LogP contribution in [0.15, 0.2) is 48.9 Å². The number of benzene rings is 1. The zero-order valence-electron chi connectivity index (χ0n) is 18.7. The van der Waals surface area contributed by atoms with Crippen molar-refractivity contribution in [2.45, 2.75) is 46.2 Å². The van der Waals surface area contributed by atoms with Gasteiger partial charge in [-0.25, -0.2) is 4.98 Å². The fourth-order valence-corrected chi connectivity index (χ4v) is 4.54. The first-order valence-corrected chi connectivity index (χ1v) is 11.8. The number of aromatic nitrogens is 4. The maximum atomic E-state index is 9.64. The van der Waals surface area contributed by atoms with E-state index in [1.165, 1.54) is 0 Å². The maximum absolute atomic E-state index is 9.64. The molecule has 0 fully saturated rings. The molecule has 1 unspecified atom stereocenters. The number of aliphatic hydroxyl groups is 1. The molecule has 32 heavy (non-hydrogen) atoms. The molecule has 1 aromatic carbocycles. The van der Waals surface area contributed by atoms with Crippen molar-refractivity contribution in [3.63, 3.8) is 0 Å². The van der Waals surface area contributed by atoms with Crippen LogP contribution in [0.1, 0.15) is 33.6 Å². The van der Waals surface area contributed by atoms with E-state index in [0.29, 0.717) is 5.92 Å². The number of hydrogen-bond donors (Lipinski definition) is 2. The van der Waals surface area contributed by atoms with Gasteiger partial charge in [-0.2, -0.15) is 5.10 Å². The predicted molar refractivity (Wildman–Crippen MR) is 129 cm³/mol. The number of thiazole rings is 1. The molecule has 4 rings (SSSR count). The zero-order valence-corrected chi connectivity index (χ0v) is 19.5. The second-order valence-corrected chi connectivity index (χ2v) is 9.30. The van der Waals surface area contributed by atoms with E-state index in [4.69, 9.17) is 4.74 Å². The van der Waals surface area contributed by atoms with E-state index in [9.17, 15) is 5.11 Å². The van der Waals surface area contributed by atoms with Gasteiger partial charge >= 0.3 is 0 Å². The molecule has 0 bridgehead atoms. The van der Waals surface area contributed by atoms with E-state index in [2.05, 4.69) is 41.2 Å². The van der Waals surface area contributed by atoms with Crippen molar-refractivity contribution in [3.8, 4) is 22.8 Å². The number of aliphatic hydroxyl groups excluding tert-OH is 1. The highest BCUT2D eigenvalue weighted by Gasteiger charge is 2.13. The summed E-state index contributed by atoms with van der Waals surface area (Å²) in [5.74, 6) is 1.96. The zero-order chi connectivity index (χ0) is 22.5. The Hall–Kier alpha value is -2.97. The Kier molecular flexibility index (Phi) is 7.02. The summed E-state index contributed by atoms with van der Waals surface area (Å²) in [4.78, 5) is 9.11. The van der Waals surface area contributed by atoms with Gasteiger partial charge in [0, 0.05) is 36.6 Å². The summed E-state index contributed by atoms with van der Waals surface area (Å²) in [6.07, 6.45) is 7.51. The SMILES string of the molecule is CCCn1cc(-c2cc(Oc3ccc4nc(NC(CO)CC(C)C)sc4c3)ccn2)cn1. The lowest BCUT2D eigenvalue weighted by Crippen LogP contribution is -2.25. The third-order valence-electron chi connectivity index (χ3n) is 5.01. The summed E-state index contributed by atoms with van der Waals surface area (Å²) in [7, 11) is 0. The first kappa shape index (κ1) is 22.2. The first-order chi connectivity index (χ1) is 15.5. The van der Waals surface area contributed by atoms with Crippen LogP contribution in [0.2, 0.25) is 0 Å². The van der Waals surface area contributed by atoms with Gasteiger partial charge < -0.3 is 15.2 Å². The fraction of sp³-hybridized carbons (Fsp3) is 0.375. The molecule has 1 atom stereocenters. The van der Waals surface area contributed by atoms with E-state index in [1.807, 2.05) is 47.4 Å². The van der Waals surface area contributed by atoms with Gasteiger partial charge in [0.25, 0.3) is 0 Å². The molecular formula is C24H29N5O2S. The summed E-state index contributed by atoms with van der Waals surface area (Å²) < 4.78 is 9.07. The summed E-state index contributed by atoms with van der Waals surface area (Å²) in [5.41, 5.74) is 2.71. The summed E-state index contributed by atoms with van der Waals surface area (Å²) in [5, 5.41) is 18.2. The van der Waals surface area contributed by atoms with Gasteiger partial charge in [-0.05, 0) is 37.0 Å². The molecular weight excluding hydrogens is 422 g/mol. The van der Waals surface area contributed by atoms with Crippen molar-refractivity contribution in [1.82, 2.24) is 19.7 Å². The van der Waals surface area contributed by atoms with Crippen molar-refractivity contribution in [3.05, 3.63) is 48.9 Å². The number of nitrogens with one attached hydrogen (secondary N) is 1. The molecule has 2 N–H and O–H groups in total. The Morgan fingerprint density at radius 1 is 1.19 bits per heavy atom. The number of fused-ring (bicyclic) bond motifs is 1. The standard InChI is InChI=1S/C24H29N5O2S/c1-4-9-29-14-17(13-26-29)22-11-20(7-8-25-22)31-19-5-6-21-23(12-19)32-24(28-21)27-18(15-30)10-16(2)3/h5-8,11-14,16,18,30H,4,9-10,15H2,1-3H3,(H,27,28). The van der Waals surface area contributed by atoms with Gasteiger partial charge in [-0.1, -0.05) is 32.1 Å². The lowest BCUT2D eigenvalue weighted by Gasteiger charge is -2.17. The number of hydrogen-bond acceptors (Lipinski definition) is 7. The molecule has 168 valence electrons. The highest BCUT2D eigenvalue weighted by atomic mass is 32.1. The molecule has 7 nitrogen and oxygen atoms in total. The number of nitrogens with zero attached hydrogens (tertiary/aromatic N) is 4. The summed E-state index contributed by atoms with van der Waals surface area (Å²) in [6.45, 7) is 7.40. The van der Waals surface area contributed by atoms with Crippen molar-refractivity contribution >= 4 is 26.7 Å². The van der Waals surface area contributed by atoms with E-state index < -0.39 is 0 Å². The van der Waals surface area contributed by atoms with Crippen LogP contribution in [0.25, 0.3) is 21.5 Å². The molecule has 0 aliphatic heterocycles. The second kappa shape index (κ2) is 10.1. The molecule has 3 heterocycles. The minimum absolute atomic E-state index is 0.00297. The molecule has 0 spiro atoms. The molecule has 3 aromatic heterocycles. The number of ether oxygens (including phenoxy) is 1. The third kappa shape index (κ3) is 5.44. The van der Waals surface area contributed by atoms with Crippen LogP contribution in [0.3, 0.4) is 0 Å². The number of anilines is 1. The van der Waals surface area contributed by atoms with Gasteiger partial charge in [0.2, 0.25) is 0 Å². The normalized spacial score (nSPS) is 12.4. The minimum atomic E-state index is 0.00297. The van der Waals surface area contributed by atoms with Crippen LogP contribution in [0.4, 0.5) is 5.13 Å².